The molecule has 1 amide bonds. The van der Waals surface area contributed by atoms with Crippen molar-refractivity contribution in [1.29, 1.82) is 0 Å². The summed E-state index contributed by atoms with van der Waals surface area (Å²) in [4.78, 5) is 14.7. The molecule has 2 N–H and O–H groups in total. The Bertz CT molecular complexity index is 281. The Kier molecular flexibility index (Phi) is 14.8. The normalized spacial score (nSPS) is 17.5. The molecular weight excluding hydrogens is 321 g/mol. The van der Waals surface area contributed by atoms with Gasteiger partial charge in [0, 0.05) is 25.0 Å². The fraction of sp³-hybridized carbons (Fsp3) is 0.938. The molecular formula is C16H35Cl2N3O. The monoisotopic (exact) mass is 355 g/mol. The first kappa shape index (κ1) is 24.2. The SMILES string of the molecule is CCC(CC)C(CNC(=O)C(C)CNC)N1CCCC1.Cl.Cl. The first-order chi connectivity index (χ1) is 9.63. The smallest absolute Gasteiger partial charge is 0.224 e. The molecule has 0 spiro atoms. The van der Waals surface area contributed by atoms with Gasteiger partial charge in [0.1, 0.15) is 0 Å². The van der Waals surface area contributed by atoms with Crippen LogP contribution in [-0.4, -0.2) is 50.1 Å². The molecule has 0 saturated carbocycles. The number of likely N-dealkylation sites (tertiary alicyclic amines) is 1. The fourth-order valence-electron chi connectivity index (χ4n) is 3.28. The van der Waals surface area contributed by atoms with Crippen molar-refractivity contribution in [2.24, 2.45) is 11.8 Å². The Morgan fingerprint density at radius 2 is 1.64 bits per heavy atom. The number of carbonyl (C=O) groups is 1. The Morgan fingerprint density at radius 3 is 2.09 bits per heavy atom. The van der Waals surface area contributed by atoms with E-state index < -0.39 is 0 Å². The van der Waals surface area contributed by atoms with Crippen LogP contribution >= 0.6 is 24.8 Å². The highest BCUT2D eigenvalue weighted by atomic mass is 35.5. The first-order valence-electron chi connectivity index (χ1n) is 8.30. The van der Waals surface area contributed by atoms with Gasteiger partial charge in [-0.3, -0.25) is 9.69 Å². The maximum atomic E-state index is 12.1. The van der Waals surface area contributed by atoms with E-state index in [1.807, 2.05) is 14.0 Å². The summed E-state index contributed by atoms with van der Waals surface area (Å²) in [5.41, 5.74) is 0. The second-order valence-corrected chi connectivity index (χ2v) is 6.09. The molecule has 0 aliphatic carbocycles. The molecule has 22 heavy (non-hydrogen) atoms. The summed E-state index contributed by atoms with van der Waals surface area (Å²) in [5.74, 6) is 0.906. The van der Waals surface area contributed by atoms with Gasteiger partial charge in [0.15, 0.2) is 0 Å². The second kappa shape index (κ2) is 13.4. The van der Waals surface area contributed by atoms with Gasteiger partial charge < -0.3 is 10.6 Å². The van der Waals surface area contributed by atoms with Crippen LogP contribution in [0.15, 0.2) is 0 Å². The zero-order valence-corrected chi connectivity index (χ0v) is 16.2. The molecule has 0 aromatic rings. The van der Waals surface area contributed by atoms with Gasteiger partial charge in [-0.2, -0.15) is 0 Å². The Hall–Kier alpha value is -0.0300. The van der Waals surface area contributed by atoms with E-state index in [2.05, 4.69) is 29.4 Å². The standard InChI is InChI=1S/C16H33N3O.2ClH/c1-5-14(6-2)15(19-9-7-8-10-19)12-18-16(20)13(3)11-17-4;;/h13-15,17H,5-12H2,1-4H3,(H,18,20);2*1H. The Balaban J connectivity index is 0. The highest BCUT2D eigenvalue weighted by Crippen LogP contribution is 2.22. The largest absolute Gasteiger partial charge is 0.354 e. The first-order valence-corrected chi connectivity index (χ1v) is 8.30. The van der Waals surface area contributed by atoms with Crippen molar-refractivity contribution in [2.45, 2.75) is 52.5 Å². The minimum atomic E-state index is 0. The van der Waals surface area contributed by atoms with Crippen molar-refractivity contribution in [2.75, 3.05) is 33.2 Å². The van der Waals surface area contributed by atoms with Gasteiger partial charge in [-0.25, -0.2) is 0 Å². The summed E-state index contributed by atoms with van der Waals surface area (Å²) < 4.78 is 0. The van der Waals surface area contributed by atoms with Crippen LogP contribution in [0.25, 0.3) is 0 Å². The minimum Gasteiger partial charge on any atom is -0.354 e. The lowest BCUT2D eigenvalue weighted by Gasteiger charge is -2.34. The molecule has 1 heterocycles. The number of nitrogens with one attached hydrogen (secondary N) is 2. The molecule has 0 bridgehead atoms. The number of carbonyl (C=O) groups excluding carboxylic acids is 1. The summed E-state index contributed by atoms with van der Waals surface area (Å²) in [5, 5.41) is 6.24. The molecule has 2 unspecified atom stereocenters. The summed E-state index contributed by atoms with van der Waals surface area (Å²) in [6.45, 7) is 10.5. The molecule has 134 valence electrons. The summed E-state index contributed by atoms with van der Waals surface area (Å²) in [6, 6.07) is 0.512. The predicted octanol–water partition coefficient (Wildman–Crippen LogP) is 2.70. The summed E-state index contributed by atoms with van der Waals surface area (Å²) in [7, 11) is 1.89. The van der Waals surface area contributed by atoms with Crippen LogP contribution in [0.5, 0.6) is 0 Å². The van der Waals surface area contributed by atoms with E-state index in [9.17, 15) is 4.79 Å². The molecule has 1 aliphatic heterocycles. The van der Waals surface area contributed by atoms with Gasteiger partial charge >= 0.3 is 0 Å². The second-order valence-electron chi connectivity index (χ2n) is 6.09. The van der Waals surface area contributed by atoms with Crippen molar-refractivity contribution in [3.8, 4) is 0 Å². The summed E-state index contributed by atoms with van der Waals surface area (Å²) in [6.07, 6.45) is 5.00. The number of halogens is 2. The van der Waals surface area contributed by atoms with E-state index in [0.29, 0.717) is 12.0 Å². The summed E-state index contributed by atoms with van der Waals surface area (Å²) >= 11 is 0. The van der Waals surface area contributed by atoms with Crippen LogP contribution in [0.4, 0.5) is 0 Å². The number of rotatable bonds is 9. The zero-order valence-electron chi connectivity index (χ0n) is 14.6. The molecule has 4 nitrogen and oxygen atoms in total. The molecule has 0 aromatic carbocycles. The lowest BCUT2D eigenvalue weighted by Crippen LogP contribution is -2.48. The highest BCUT2D eigenvalue weighted by molar-refractivity contribution is 5.85. The van der Waals surface area contributed by atoms with Crippen LogP contribution < -0.4 is 10.6 Å². The van der Waals surface area contributed by atoms with E-state index in [4.69, 9.17) is 0 Å². The third-order valence-electron chi connectivity index (χ3n) is 4.65. The van der Waals surface area contributed by atoms with Crippen molar-refractivity contribution in [1.82, 2.24) is 15.5 Å². The molecule has 1 rings (SSSR count). The minimum absolute atomic E-state index is 0. The lowest BCUT2D eigenvalue weighted by molar-refractivity contribution is -0.124. The average Bonchev–Trinajstić information content (AvgIpc) is 2.97. The number of nitrogens with zero attached hydrogens (tertiary/aromatic N) is 1. The van der Waals surface area contributed by atoms with E-state index in [-0.39, 0.29) is 36.6 Å². The van der Waals surface area contributed by atoms with Crippen LogP contribution in [0.2, 0.25) is 0 Å². The molecule has 1 saturated heterocycles. The topological polar surface area (TPSA) is 44.4 Å². The maximum absolute atomic E-state index is 12.1. The van der Waals surface area contributed by atoms with Crippen LogP contribution in [0.1, 0.15) is 46.5 Å². The Labute approximate surface area is 149 Å². The van der Waals surface area contributed by atoms with Gasteiger partial charge in [0.2, 0.25) is 5.91 Å². The van der Waals surface area contributed by atoms with Crippen molar-refractivity contribution in [3.63, 3.8) is 0 Å². The van der Waals surface area contributed by atoms with Gasteiger partial charge in [-0.1, -0.05) is 33.6 Å². The third-order valence-corrected chi connectivity index (χ3v) is 4.65. The predicted molar refractivity (Wildman–Crippen MR) is 99.3 cm³/mol. The Morgan fingerprint density at radius 1 is 1.09 bits per heavy atom. The average molecular weight is 356 g/mol. The van der Waals surface area contributed by atoms with Gasteiger partial charge in [-0.15, -0.1) is 24.8 Å². The molecule has 1 aliphatic rings. The fourth-order valence-corrected chi connectivity index (χ4v) is 3.28. The zero-order chi connectivity index (χ0) is 15.0. The van der Waals surface area contributed by atoms with Crippen molar-refractivity contribution >= 4 is 30.7 Å². The van der Waals surface area contributed by atoms with E-state index >= 15 is 0 Å². The number of hydrogen-bond acceptors (Lipinski definition) is 3. The van der Waals surface area contributed by atoms with Gasteiger partial charge in [0.25, 0.3) is 0 Å². The molecule has 0 aromatic heterocycles. The van der Waals surface area contributed by atoms with E-state index in [0.717, 1.165) is 13.1 Å². The molecule has 1 fully saturated rings. The van der Waals surface area contributed by atoms with E-state index in [1.54, 1.807) is 0 Å². The van der Waals surface area contributed by atoms with Crippen LogP contribution in [0.3, 0.4) is 0 Å². The lowest BCUT2D eigenvalue weighted by atomic mass is 9.92. The van der Waals surface area contributed by atoms with E-state index in [1.165, 1.54) is 38.8 Å². The van der Waals surface area contributed by atoms with Crippen LogP contribution in [-0.2, 0) is 4.79 Å². The van der Waals surface area contributed by atoms with Gasteiger partial charge in [-0.05, 0) is 38.9 Å². The van der Waals surface area contributed by atoms with Gasteiger partial charge in [0.05, 0.1) is 0 Å². The van der Waals surface area contributed by atoms with Crippen molar-refractivity contribution in [3.05, 3.63) is 0 Å². The third kappa shape index (κ3) is 7.49. The molecule has 0 radical (unpaired) electrons. The molecule has 6 heteroatoms. The van der Waals surface area contributed by atoms with Crippen molar-refractivity contribution < 1.29 is 4.79 Å². The number of hydrogen-bond donors (Lipinski definition) is 2. The quantitative estimate of drug-likeness (QED) is 0.668. The molecule has 2 atom stereocenters. The van der Waals surface area contributed by atoms with Crippen LogP contribution in [0, 0.1) is 11.8 Å². The maximum Gasteiger partial charge on any atom is 0.224 e. The number of amides is 1. The highest BCUT2D eigenvalue weighted by Gasteiger charge is 2.28.